The van der Waals surface area contributed by atoms with Crippen molar-refractivity contribution in [3.63, 3.8) is 0 Å². The summed E-state index contributed by atoms with van der Waals surface area (Å²) in [6.45, 7) is 0.0845. The summed E-state index contributed by atoms with van der Waals surface area (Å²) in [6, 6.07) is 10.9. The van der Waals surface area contributed by atoms with E-state index in [1.165, 1.54) is 48.5 Å². The lowest BCUT2D eigenvalue weighted by molar-refractivity contribution is -0.274. The predicted octanol–water partition coefficient (Wildman–Crippen LogP) is 2.85. The molecule has 1 N–H and O–H groups in total. The Bertz CT molecular complexity index is 862. The van der Waals surface area contributed by atoms with Gasteiger partial charge in [-0.1, -0.05) is 12.1 Å². The molecule has 0 aromatic heterocycles. The molecule has 0 heterocycles. The van der Waals surface area contributed by atoms with E-state index in [4.69, 9.17) is 4.74 Å². The van der Waals surface area contributed by atoms with Crippen molar-refractivity contribution in [3.05, 3.63) is 59.7 Å². The second-order valence-electron chi connectivity index (χ2n) is 5.21. The van der Waals surface area contributed by atoms with Gasteiger partial charge in [0.05, 0.1) is 6.26 Å². The molecule has 1 amide bonds. The Kier molecular flexibility index (Phi) is 5.76. The van der Waals surface area contributed by atoms with Crippen LogP contribution in [-0.4, -0.2) is 26.9 Å². The molecular weight excluding hydrogens is 375 g/mol. The molecular formula is C16H14F3NO5S. The number of halogens is 3. The van der Waals surface area contributed by atoms with E-state index in [1.807, 2.05) is 4.72 Å². The summed E-state index contributed by atoms with van der Waals surface area (Å²) in [5, 5.41) is 0. The first-order valence-electron chi connectivity index (χ1n) is 7.11. The predicted molar refractivity (Wildman–Crippen MR) is 86.2 cm³/mol. The molecule has 0 radical (unpaired) electrons. The molecule has 0 fully saturated rings. The number of rotatable bonds is 6. The molecule has 2 rings (SSSR count). The van der Waals surface area contributed by atoms with Crippen molar-refractivity contribution >= 4 is 15.9 Å². The third kappa shape index (κ3) is 6.63. The van der Waals surface area contributed by atoms with Gasteiger partial charge in [-0.2, -0.15) is 0 Å². The van der Waals surface area contributed by atoms with Crippen LogP contribution in [0.25, 0.3) is 0 Å². The SMILES string of the molecule is CS(=O)(=O)NC(=O)c1ccc(OCc2ccc(OC(F)(F)F)cc2)cc1. The fraction of sp³-hybridized carbons (Fsp3) is 0.188. The minimum Gasteiger partial charge on any atom is -0.489 e. The molecule has 2 aromatic carbocycles. The van der Waals surface area contributed by atoms with Gasteiger partial charge >= 0.3 is 6.36 Å². The smallest absolute Gasteiger partial charge is 0.489 e. The number of hydrogen-bond donors (Lipinski definition) is 1. The number of hydrogen-bond acceptors (Lipinski definition) is 5. The number of amides is 1. The van der Waals surface area contributed by atoms with E-state index < -0.39 is 22.3 Å². The van der Waals surface area contributed by atoms with Crippen molar-refractivity contribution < 1.29 is 35.9 Å². The molecule has 10 heteroatoms. The average Bonchev–Trinajstić information content (AvgIpc) is 2.51. The number of nitrogens with one attached hydrogen (secondary N) is 1. The third-order valence-corrected chi connectivity index (χ3v) is 3.51. The molecule has 0 unspecified atom stereocenters. The highest BCUT2D eigenvalue weighted by Crippen LogP contribution is 2.23. The quantitative estimate of drug-likeness (QED) is 0.822. The highest BCUT2D eigenvalue weighted by Gasteiger charge is 2.30. The first kappa shape index (κ1) is 19.6. The highest BCUT2D eigenvalue weighted by atomic mass is 32.2. The summed E-state index contributed by atoms with van der Waals surface area (Å²) in [5.74, 6) is -0.696. The van der Waals surface area contributed by atoms with Gasteiger partial charge in [0.2, 0.25) is 10.0 Å². The Morgan fingerprint density at radius 1 is 1.00 bits per heavy atom. The number of carbonyl (C=O) groups excluding carboxylic acids is 1. The zero-order valence-electron chi connectivity index (χ0n) is 13.4. The van der Waals surface area contributed by atoms with E-state index in [1.54, 1.807) is 0 Å². The lowest BCUT2D eigenvalue weighted by Crippen LogP contribution is -2.29. The summed E-state index contributed by atoms with van der Waals surface area (Å²) < 4.78 is 69.3. The van der Waals surface area contributed by atoms with Crippen LogP contribution in [0, 0.1) is 0 Å². The van der Waals surface area contributed by atoms with E-state index in [0.29, 0.717) is 11.3 Å². The molecule has 26 heavy (non-hydrogen) atoms. The zero-order valence-corrected chi connectivity index (χ0v) is 14.2. The number of carbonyl (C=O) groups is 1. The lowest BCUT2D eigenvalue weighted by atomic mass is 10.2. The zero-order chi connectivity index (χ0) is 19.4. The Balaban J connectivity index is 1.92. The summed E-state index contributed by atoms with van der Waals surface area (Å²) in [6.07, 6.45) is -3.88. The second kappa shape index (κ2) is 7.65. The molecule has 0 saturated heterocycles. The molecule has 0 aliphatic carbocycles. The van der Waals surface area contributed by atoms with Gasteiger partial charge in [0.1, 0.15) is 18.1 Å². The van der Waals surface area contributed by atoms with Gasteiger partial charge in [0, 0.05) is 5.56 Å². The van der Waals surface area contributed by atoms with E-state index in [-0.39, 0.29) is 17.9 Å². The molecule has 2 aromatic rings. The molecule has 6 nitrogen and oxygen atoms in total. The first-order chi connectivity index (χ1) is 12.0. The largest absolute Gasteiger partial charge is 0.573 e. The van der Waals surface area contributed by atoms with Gasteiger partial charge in [0.25, 0.3) is 5.91 Å². The van der Waals surface area contributed by atoms with E-state index in [0.717, 1.165) is 6.26 Å². The van der Waals surface area contributed by atoms with Crippen molar-refractivity contribution in [3.8, 4) is 11.5 Å². The standard InChI is InChI=1S/C16H14F3NO5S/c1-26(22,23)20-15(21)12-4-8-13(9-5-12)24-10-11-2-6-14(7-3-11)25-16(17,18)19/h2-9H,10H2,1H3,(H,20,21). The Morgan fingerprint density at radius 2 is 1.54 bits per heavy atom. The molecule has 0 aliphatic rings. The van der Waals surface area contributed by atoms with Crippen LogP contribution in [0.1, 0.15) is 15.9 Å². The number of benzene rings is 2. The van der Waals surface area contributed by atoms with Gasteiger partial charge in [-0.05, 0) is 42.0 Å². The fourth-order valence-electron chi connectivity index (χ4n) is 1.88. The van der Waals surface area contributed by atoms with Crippen molar-refractivity contribution in [2.75, 3.05) is 6.26 Å². The van der Waals surface area contributed by atoms with Crippen LogP contribution in [0.5, 0.6) is 11.5 Å². The Labute approximate surface area is 147 Å². The maximum absolute atomic E-state index is 12.1. The summed E-state index contributed by atoms with van der Waals surface area (Å²) >= 11 is 0. The summed E-state index contributed by atoms with van der Waals surface area (Å²) in [5.41, 5.74) is 0.745. The van der Waals surface area contributed by atoms with Gasteiger partial charge in [0.15, 0.2) is 0 Å². The monoisotopic (exact) mass is 389 g/mol. The van der Waals surface area contributed by atoms with Gasteiger partial charge < -0.3 is 9.47 Å². The maximum atomic E-state index is 12.1. The molecule has 0 bridgehead atoms. The third-order valence-electron chi connectivity index (χ3n) is 2.96. The topological polar surface area (TPSA) is 81.7 Å². The van der Waals surface area contributed by atoms with E-state index in [2.05, 4.69) is 4.74 Å². The molecule has 140 valence electrons. The van der Waals surface area contributed by atoms with Crippen molar-refractivity contribution in [1.29, 1.82) is 0 Å². The second-order valence-corrected chi connectivity index (χ2v) is 6.96. The van der Waals surface area contributed by atoms with Crippen LogP contribution in [0.3, 0.4) is 0 Å². The van der Waals surface area contributed by atoms with Crippen LogP contribution < -0.4 is 14.2 Å². The van der Waals surface area contributed by atoms with Crippen LogP contribution in [0.15, 0.2) is 48.5 Å². The lowest BCUT2D eigenvalue weighted by Gasteiger charge is -2.10. The molecule has 0 saturated carbocycles. The summed E-state index contributed by atoms with van der Waals surface area (Å²) in [7, 11) is -3.65. The number of ether oxygens (including phenoxy) is 2. The highest BCUT2D eigenvalue weighted by molar-refractivity contribution is 7.89. The maximum Gasteiger partial charge on any atom is 0.573 e. The van der Waals surface area contributed by atoms with Gasteiger partial charge in [-0.15, -0.1) is 13.2 Å². The number of sulfonamides is 1. The van der Waals surface area contributed by atoms with Gasteiger partial charge in [-0.3, -0.25) is 4.79 Å². The van der Waals surface area contributed by atoms with Crippen LogP contribution in [-0.2, 0) is 16.6 Å². The first-order valence-corrected chi connectivity index (χ1v) is 9.01. The Morgan fingerprint density at radius 3 is 2.04 bits per heavy atom. The van der Waals surface area contributed by atoms with Gasteiger partial charge in [-0.25, -0.2) is 13.1 Å². The average molecular weight is 389 g/mol. The molecule has 0 aliphatic heterocycles. The van der Waals surface area contributed by atoms with Crippen LogP contribution in [0.4, 0.5) is 13.2 Å². The van der Waals surface area contributed by atoms with Crippen molar-refractivity contribution in [1.82, 2.24) is 4.72 Å². The minimum atomic E-state index is -4.75. The Hall–Kier alpha value is -2.75. The number of alkyl halides is 3. The van der Waals surface area contributed by atoms with Crippen molar-refractivity contribution in [2.24, 2.45) is 0 Å². The fourth-order valence-corrected chi connectivity index (χ4v) is 2.34. The normalized spacial score (nSPS) is 11.7. The summed E-state index contributed by atoms with van der Waals surface area (Å²) in [4.78, 5) is 11.7. The van der Waals surface area contributed by atoms with Crippen molar-refractivity contribution in [2.45, 2.75) is 13.0 Å². The van der Waals surface area contributed by atoms with E-state index in [9.17, 15) is 26.4 Å². The minimum absolute atomic E-state index is 0.0845. The van der Waals surface area contributed by atoms with Crippen LogP contribution >= 0.6 is 0 Å². The molecule has 0 atom stereocenters. The van der Waals surface area contributed by atoms with Crippen LogP contribution in [0.2, 0.25) is 0 Å². The van der Waals surface area contributed by atoms with E-state index >= 15 is 0 Å². The molecule has 0 spiro atoms.